The first kappa shape index (κ1) is 27.0. The zero-order valence-corrected chi connectivity index (χ0v) is 22.3. The molecule has 0 bridgehead atoms. The van der Waals surface area contributed by atoms with Crippen LogP contribution in [0.1, 0.15) is 44.4 Å². The van der Waals surface area contributed by atoms with Gasteiger partial charge in [0.1, 0.15) is 12.3 Å². The Balaban J connectivity index is 1.40. The molecule has 202 valence electrons. The number of allylic oxidation sites excluding steroid dienone is 2. The van der Waals surface area contributed by atoms with Crippen LogP contribution in [0.4, 0.5) is 0 Å². The second kappa shape index (κ2) is 11.3. The number of esters is 1. The van der Waals surface area contributed by atoms with Gasteiger partial charge < -0.3 is 4.74 Å². The van der Waals surface area contributed by atoms with Gasteiger partial charge in [0.25, 0.3) is 17.7 Å². The maximum atomic E-state index is 13.7. The van der Waals surface area contributed by atoms with Gasteiger partial charge in [0.15, 0.2) is 5.78 Å². The maximum absolute atomic E-state index is 13.7. The number of hydrogen-bond donors (Lipinski definition) is 0. The van der Waals surface area contributed by atoms with E-state index in [1.807, 2.05) is 19.1 Å². The van der Waals surface area contributed by atoms with E-state index in [-0.39, 0.29) is 27.8 Å². The van der Waals surface area contributed by atoms with Crippen molar-refractivity contribution in [1.29, 1.82) is 0 Å². The number of carbonyl (C=O) groups excluding carboxylic acids is 5. The number of nitrogens with zero attached hydrogens (tertiary/aromatic N) is 2. The van der Waals surface area contributed by atoms with Crippen molar-refractivity contribution in [3.63, 3.8) is 0 Å². The maximum Gasteiger partial charge on any atom is 0.343 e. The minimum atomic E-state index is -0.742. The van der Waals surface area contributed by atoms with E-state index in [1.165, 1.54) is 36.4 Å². The number of benzene rings is 3. The van der Waals surface area contributed by atoms with Crippen LogP contribution in [0.15, 0.2) is 91.0 Å². The molecule has 0 unspecified atom stereocenters. The van der Waals surface area contributed by atoms with Crippen LogP contribution >= 0.6 is 11.6 Å². The van der Waals surface area contributed by atoms with Gasteiger partial charge in [-0.2, -0.15) is 5.01 Å². The molecule has 40 heavy (non-hydrogen) atoms. The summed E-state index contributed by atoms with van der Waals surface area (Å²) in [7, 11) is 0. The molecule has 3 aromatic rings. The number of fused-ring (bicyclic) bond motifs is 1. The molecule has 0 radical (unpaired) electrons. The number of carbonyl (C=O) groups is 5. The van der Waals surface area contributed by atoms with E-state index in [0.29, 0.717) is 12.0 Å². The molecular formula is C31H25ClN2O6. The normalized spacial score (nSPS) is 19.8. The van der Waals surface area contributed by atoms with Crippen molar-refractivity contribution in [2.24, 2.45) is 17.8 Å². The van der Waals surface area contributed by atoms with Crippen molar-refractivity contribution in [2.75, 3.05) is 6.54 Å². The van der Waals surface area contributed by atoms with E-state index in [0.717, 1.165) is 10.0 Å². The number of ketones is 1. The van der Waals surface area contributed by atoms with E-state index < -0.39 is 47.9 Å². The Kier molecular flexibility index (Phi) is 7.62. The Morgan fingerprint density at radius 1 is 0.900 bits per heavy atom. The third kappa shape index (κ3) is 5.18. The summed E-state index contributed by atoms with van der Waals surface area (Å²) in [5.74, 6) is -4.06. The fourth-order valence-electron chi connectivity index (χ4n) is 5.05. The quantitative estimate of drug-likeness (QED) is 0.133. The third-order valence-electron chi connectivity index (χ3n) is 7.12. The molecular weight excluding hydrogens is 532 g/mol. The van der Waals surface area contributed by atoms with Crippen LogP contribution in [0.25, 0.3) is 0 Å². The molecule has 3 amide bonds. The molecule has 0 saturated carbocycles. The number of ether oxygens (including phenoxy) is 1. The van der Waals surface area contributed by atoms with Gasteiger partial charge in [0.2, 0.25) is 0 Å². The molecule has 9 heteroatoms. The molecule has 1 aliphatic carbocycles. The van der Waals surface area contributed by atoms with Gasteiger partial charge in [-0.25, -0.2) is 9.80 Å². The van der Waals surface area contributed by atoms with Gasteiger partial charge in [-0.05, 0) is 60.9 Å². The van der Waals surface area contributed by atoms with Gasteiger partial charge in [-0.15, -0.1) is 0 Å². The van der Waals surface area contributed by atoms with Crippen molar-refractivity contribution < 1.29 is 28.7 Å². The number of hydrazine groups is 1. The van der Waals surface area contributed by atoms with Gasteiger partial charge in [0, 0.05) is 5.56 Å². The highest BCUT2D eigenvalue weighted by Gasteiger charge is 2.53. The predicted octanol–water partition coefficient (Wildman–Crippen LogP) is 5.00. The molecule has 0 spiro atoms. The van der Waals surface area contributed by atoms with Gasteiger partial charge in [-0.1, -0.05) is 61.0 Å². The monoisotopic (exact) mass is 556 g/mol. The Morgan fingerprint density at radius 2 is 1.57 bits per heavy atom. The molecule has 0 N–H and O–H groups in total. The number of hydrogen-bond acceptors (Lipinski definition) is 6. The average molecular weight is 557 g/mol. The smallest absolute Gasteiger partial charge is 0.343 e. The summed E-state index contributed by atoms with van der Waals surface area (Å²) in [6.07, 6.45) is 4.12. The van der Waals surface area contributed by atoms with Crippen molar-refractivity contribution >= 4 is 41.1 Å². The zero-order valence-electron chi connectivity index (χ0n) is 21.5. The Hall–Kier alpha value is -4.56. The van der Waals surface area contributed by atoms with Gasteiger partial charge in [0.05, 0.1) is 28.0 Å². The van der Waals surface area contributed by atoms with Crippen LogP contribution in [0.5, 0.6) is 5.75 Å². The molecule has 3 aromatic carbocycles. The van der Waals surface area contributed by atoms with Crippen molar-refractivity contribution in [3.8, 4) is 5.75 Å². The largest absolute Gasteiger partial charge is 0.423 e. The zero-order chi connectivity index (χ0) is 28.4. The lowest BCUT2D eigenvalue weighted by atomic mass is 9.78. The summed E-state index contributed by atoms with van der Waals surface area (Å²) in [4.78, 5) is 66.3. The van der Waals surface area contributed by atoms with Crippen LogP contribution in [0, 0.1) is 17.8 Å². The SMILES string of the molecule is C[C@@H]1C=CC[C@@H]2C(=O)N(N(CC(=O)c3ccc(OC(=O)c4ccccc4)cc3)C(=O)c3ccccc3Cl)C(=O)[C@H]12. The van der Waals surface area contributed by atoms with Crippen molar-refractivity contribution in [3.05, 3.63) is 113 Å². The number of amides is 3. The molecule has 1 saturated heterocycles. The van der Waals surface area contributed by atoms with E-state index >= 15 is 0 Å². The molecule has 5 rings (SSSR count). The average Bonchev–Trinajstić information content (AvgIpc) is 3.22. The van der Waals surface area contributed by atoms with E-state index in [1.54, 1.807) is 42.5 Å². The Morgan fingerprint density at radius 3 is 2.25 bits per heavy atom. The van der Waals surface area contributed by atoms with Crippen LogP contribution in [-0.2, 0) is 9.59 Å². The lowest BCUT2D eigenvalue weighted by Gasteiger charge is -2.30. The lowest BCUT2D eigenvalue weighted by molar-refractivity contribution is -0.154. The lowest BCUT2D eigenvalue weighted by Crippen LogP contribution is -2.52. The minimum Gasteiger partial charge on any atom is -0.423 e. The standard InChI is InChI=1S/C31H25ClN2O6/c1-19-8-7-12-24-27(19)30(38)34(29(24)37)33(28(36)23-11-5-6-13-25(23)32)18-26(35)20-14-16-22(17-15-20)40-31(39)21-9-3-2-4-10-21/h2-11,13-17,19,24,27H,12,18H2,1H3/t19-,24+,27-/m1/s1. The third-order valence-corrected chi connectivity index (χ3v) is 7.45. The summed E-state index contributed by atoms with van der Waals surface area (Å²) in [6.45, 7) is 1.27. The van der Waals surface area contributed by atoms with E-state index in [2.05, 4.69) is 0 Å². The number of imide groups is 1. The fraction of sp³-hybridized carbons (Fsp3) is 0.194. The van der Waals surface area contributed by atoms with Crippen LogP contribution in [0.2, 0.25) is 5.02 Å². The Labute approximate surface area is 235 Å². The Bertz CT molecular complexity index is 1520. The second-order valence-corrected chi connectivity index (χ2v) is 10.1. The summed E-state index contributed by atoms with van der Waals surface area (Å²) in [6, 6.07) is 20.5. The van der Waals surface area contributed by atoms with Crippen molar-refractivity contribution in [1.82, 2.24) is 10.0 Å². The molecule has 1 heterocycles. The van der Waals surface area contributed by atoms with Crippen LogP contribution < -0.4 is 4.74 Å². The number of Topliss-reactive ketones (excluding diaryl/α,β-unsaturated/α-hetero) is 1. The molecule has 3 atom stereocenters. The van der Waals surface area contributed by atoms with Crippen LogP contribution in [-0.4, -0.2) is 46.0 Å². The van der Waals surface area contributed by atoms with Gasteiger partial charge >= 0.3 is 5.97 Å². The first-order valence-electron chi connectivity index (χ1n) is 12.8. The van der Waals surface area contributed by atoms with Gasteiger partial charge in [-0.3, -0.25) is 19.2 Å². The summed E-state index contributed by atoms with van der Waals surface area (Å²) >= 11 is 6.27. The topological polar surface area (TPSA) is 101 Å². The molecule has 1 fully saturated rings. The number of rotatable bonds is 7. The summed E-state index contributed by atoms with van der Waals surface area (Å²) in [5.41, 5.74) is 0.631. The highest BCUT2D eigenvalue weighted by Crippen LogP contribution is 2.39. The highest BCUT2D eigenvalue weighted by molar-refractivity contribution is 6.34. The second-order valence-electron chi connectivity index (χ2n) is 9.69. The molecule has 8 nitrogen and oxygen atoms in total. The predicted molar refractivity (Wildman–Crippen MR) is 146 cm³/mol. The molecule has 1 aliphatic heterocycles. The fourth-order valence-corrected chi connectivity index (χ4v) is 5.27. The van der Waals surface area contributed by atoms with Crippen molar-refractivity contribution in [2.45, 2.75) is 13.3 Å². The molecule has 2 aliphatic rings. The van der Waals surface area contributed by atoms with Crippen LogP contribution in [0.3, 0.4) is 0 Å². The first-order valence-corrected chi connectivity index (χ1v) is 13.2. The summed E-state index contributed by atoms with van der Waals surface area (Å²) < 4.78 is 5.37. The molecule has 0 aromatic heterocycles. The first-order chi connectivity index (χ1) is 19.3. The highest BCUT2D eigenvalue weighted by atomic mass is 35.5. The van der Waals surface area contributed by atoms with E-state index in [9.17, 15) is 24.0 Å². The number of halogens is 1. The minimum absolute atomic E-state index is 0.0572. The summed E-state index contributed by atoms with van der Waals surface area (Å²) in [5, 5.41) is 1.84. The van der Waals surface area contributed by atoms with E-state index in [4.69, 9.17) is 16.3 Å².